The van der Waals surface area contributed by atoms with Gasteiger partial charge in [-0.15, -0.1) is 0 Å². The summed E-state index contributed by atoms with van der Waals surface area (Å²) in [5.74, 6) is -0.349. The summed E-state index contributed by atoms with van der Waals surface area (Å²) in [7, 11) is 0. The average Bonchev–Trinajstić information content (AvgIpc) is 3.50. The maximum atomic E-state index is 15.0. The van der Waals surface area contributed by atoms with Crippen molar-refractivity contribution in [2.24, 2.45) is 5.73 Å². The van der Waals surface area contributed by atoms with Gasteiger partial charge in [0.25, 0.3) is 0 Å². The van der Waals surface area contributed by atoms with Gasteiger partial charge in [0.15, 0.2) is 5.43 Å². The van der Waals surface area contributed by atoms with Gasteiger partial charge in [-0.1, -0.05) is 0 Å². The monoisotopic (exact) mass is 421 g/mol. The minimum absolute atomic E-state index is 0.0679. The number of pyridine rings is 2. The molecule has 5 rings (SSSR count). The van der Waals surface area contributed by atoms with E-state index in [9.17, 15) is 4.79 Å². The van der Waals surface area contributed by atoms with Crippen LogP contribution in [0.15, 0.2) is 41.5 Å². The van der Waals surface area contributed by atoms with E-state index in [4.69, 9.17) is 5.73 Å². The van der Waals surface area contributed by atoms with Gasteiger partial charge in [0.2, 0.25) is 0 Å². The van der Waals surface area contributed by atoms with Gasteiger partial charge in [-0.3, -0.25) is 9.78 Å². The molecule has 3 aromatic rings. The lowest BCUT2D eigenvalue weighted by molar-refractivity contribution is 0.623. The highest BCUT2D eigenvalue weighted by Crippen LogP contribution is 2.38. The molecule has 1 saturated heterocycles. The second-order valence-corrected chi connectivity index (χ2v) is 8.85. The molecule has 162 valence electrons. The Hall–Kier alpha value is -2.77. The molecule has 0 radical (unpaired) electrons. The van der Waals surface area contributed by atoms with Gasteiger partial charge in [-0.25, -0.2) is 4.39 Å². The highest BCUT2D eigenvalue weighted by atomic mass is 19.1. The summed E-state index contributed by atoms with van der Waals surface area (Å²) in [4.78, 5) is 19.4. The summed E-state index contributed by atoms with van der Waals surface area (Å²) in [6.45, 7) is 4.43. The van der Waals surface area contributed by atoms with Crippen molar-refractivity contribution in [2.75, 3.05) is 18.0 Å². The lowest BCUT2D eigenvalue weighted by Gasteiger charge is -2.21. The lowest BCUT2D eigenvalue weighted by atomic mass is 10.1. The van der Waals surface area contributed by atoms with Crippen molar-refractivity contribution in [2.45, 2.75) is 51.4 Å². The molecule has 1 atom stereocenters. The van der Waals surface area contributed by atoms with Gasteiger partial charge in [-0.2, -0.15) is 0 Å². The van der Waals surface area contributed by atoms with E-state index in [1.165, 1.54) is 6.07 Å². The second kappa shape index (κ2) is 8.05. The molecule has 1 aliphatic heterocycles. The molecule has 2 fully saturated rings. The van der Waals surface area contributed by atoms with E-state index in [0.29, 0.717) is 42.3 Å². The summed E-state index contributed by atoms with van der Waals surface area (Å²) in [5, 5.41) is 3.81. The minimum atomic E-state index is -0.349. The molecular formula is C24H28FN5O. The second-order valence-electron chi connectivity index (χ2n) is 8.85. The molecule has 3 heterocycles. The highest BCUT2D eigenvalue weighted by molar-refractivity contribution is 5.84. The molecule has 0 amide bonds. The lowest BCUT2D eigenvalue weighted by Crippen LogP contribution is -2.27. The van der Waals surface area contributed by atoms with Crippen molar-refractivity contribution in [3.63, 3.8) is 0 Å². The summed E-state index contributed by atoms with van der Waals surface area (Å²) in [6.07, 6.45) is 6.78. The Labute approximate surface area is 180 Å². The topological polar surface area (TPSA) is 76.2 Å². The number of halogens is 1. The third-order valence-corrected chi connectivity index (χ3v) is 6.29. The zero-order valence-corrected chi connectivity index (χ0v) is 17.8. The molecule has 7 heteroatoms. The van der Waals surface area contributed by atoms with Crippen LogP contribution in [0, 0.1) is 12.7 Å². The highest BCUT2D eigenvalue weighted by Gasteiger charge is 2.28. The first-order valence-electron chi connectivity index (χ1n) is 11.0. The SMILES string of the molecule is Cc1cc(CNCc2cn(C3CC3)c3cc(N4CC[C@@H](N)C4)c(F)cc3c2=O)ccn1. The molecule has 0 spiro atoms. The molecule has 0 unspecified atom stereocenters. The van der Waals surface area contributed by atoms with Crippen LogP contribution in [-0.2, 0) is 13.1 Å². The molecular weight excluding hydrogens is 393 g/mol. The average molecular weight is 422 g/mol. The van der Waals surface area contributed by atoms with Crippen LogP contribution in [0.25, 0.3) is 10.9 Å². The number of nitrogens with two attached hydrogens (primary N) is 1. The Kier molecular flexibility index (Phi) is 5.24. The fraction of sp³-hybridized carbons (Fsp3) is 0.417. The molecule has 3 N–H and O–H groups in total. The summed E-state index contributed by atoms with van der Waals surface area (Å²) in [5.41, 5.74) is 10.0. The number of aromatic nitrogens is 2. The maximum absolute atomic E-state index is 15.0. The molecule has 1 saturated carbocycles. The Bertz CT molecular complexity index is 1190. The number of fused-ring (bicyclic) bond motifs is 1. The smallest absolute Gasteiger partial charge is 0.193 e. The van der Waals surface area contributed by atoms with E-state index in [-0.39, 0.29) is 17.3 Å². The van der Waals surface area contributed by atoms with E-state index < -0.39 is 0 Å². The van der Waals surface area contributed by atoms with Crippen molar-refractivity contribution >= 4 is 16.6 Å². The number of nitrogens with zero attached hydrogens (tertiary/aromatic N) is 3. The van der Waals surface area contributed by atoms with Gasteiger partial charge in [0, 0.05) is 67.3 Å². The normalized spacial score (nSPS) is 18.8. The molecule has 1 aliphatic carbocycles. The number of rotatable bonds is 6. The predicted octanol–water partition coefficient (Wildman–Crippen LogP) is 3.01. The molecule has 31 heavy (non-hydrogen) atoms. The number of anilines is 1. The van der Waals surface area contributed by atoms with Crippen LogP contribution in [0.5, 0.6) is 0 Å². The zero-order chi connectivity index (χ0) is 21.5. The van der Waals surface area contributed by atoms with Gasteiger partial charge < -0.3 is 20.5 Å². The number of hydrogen-bond acceptors (Lipinski definition) is 5. The van der Waals surface area contributed by atoms with Crippen molar-refractivity contribution in [3.8, 4) is 0 Å². The number of nitrogens with one attached hydrogen (secondary N) is 1. The number of aryl methyl sites for hydroxylation is 1. The van der Waals surface area contributed by atoms with Crippen LogP contribution in [0.3, 0.4) is 0 Å². The summed E-state index contributed by atoms with van der Waals surface area (Å²) < 4.78 is 17.2. The minimum Gasteiger partial charge on any atom is -0.367 e. The fourth-order valence-corrected chi connectivity index (χ4v) is 4.50. The third-order valence-electron chi connectivity index (χ3n) is 6.29. The molecule has 2 aliphatic rings. The van der Waals surface area contributed by atoms with E-state index in [0.717, 1.165) is 42.6 Å². The van der Waals surface area contributed by atoms with Crippen molar-refractivity contribution in [1.82, 2.24) is 14.9 Å². The van der Waals surface area contributed by atoms with Crippen LogP contribution in [0.4, 0.5) is 10.1 Å². The molecule has 6 nitrogen and oxygen atoms in total. The Morgan fingerprint density at radius 2 is 2.06 bits per heavy atom. The predicted molar refractivity (Wildman–Crippen MR) is 121 cm³/mol. The summed E-state index contributed by atoms with van der Waals surface area (Å²) in [6, 6.07) is 7.70. The van der Waals surface area contributed by atoms with Gasteiger partial charge in [-0.05, 0) is 56.0 Å². The van der Waals surface area contributed by atoms with E-state index >= 15 is 4.39 Å². The Balaban J connectivity index is 1.47. The van der Waals surface area contributed by atoms with Crippen LogP contribution in [0.1, 0.15) is 42.1 Å². The summed E-state index contributed by atoms with van der Waals surface area (Å²) >= 11 is 0. The molecule has 1 aromatic carbocycles. The van der Waals surface area contributed by atoms with Gasteiger partial charge >= 0.3 is 0 Å². The quantitative estimate of drug-likeness (QED) is 0.640. The van der Waals surface area contributed by atoms with Crippen LogP contribution in [0.2, 0.25) is 0 Å². The van der Waals surface area contributed by atoms with Crippen molar-refractivity contribution < 1.29 is 4.39 Å². The van der Waals surface area contributed by atoms with E-state index in [1.54, 1.807) is 6.20 Å². The van der Waals surface area contributed by atoms with E-state index in [1.807, 2.05) is 36.2 Å². The van der Waals surface area contributed by atoms with Gasteiger partial charge in [0.05, 0.1) is 11.2 Å². The zero-order valence-electron chi connectivity index (χ0n) is 17.8. The number of hydrogen-bond donors (Lipinski definition) is 2. The van der Waals surface area contributed by atoms with Crippen LogP contribution >= 0.6 is 0 Å². The fourth-order valence-electron chi connectivity index (χ4n) is 4.50. The third kappa shape index (κ3) is 4.07. The van der Waals surface area contributed by atoms with Crippen LogP contribution < -0.4 is 21.4 Å². The van der Waals surface area contributed by atoms with Crippen molar-refractivity contribution in [3.05, 3.63) is 69.5 Å². The first kappa shape index (κ1) is 20.2. The van der Waals surface area contributed by atoms with Crippen LogP contribution in [-0.4, -0.2) is 28.7 Å². The first-order chi connectivity index (χ1) is 15.0. The molecule has 2 aromatic heterocycles. The Morgan fingerprint density at radius 1 is 1.23 bits per heavy atom. The first-order valence-corrected chi connectivity index (χ1v) is 11.0. The number of benzene rings is 1. The van der Waals surface area contributed by atoms with E-state index in [2.05, 4.69) is 14.9 Å². The standard InChI is InChI=1S/C24H28FN5O/c1-15-8-16(4-6-28-15)11-27-12-17-13-30(19-2-3-19)22-10-23(29-7-5-18(26)14-29)21(25)9-20(22)24(17)31/h4,6,8-10,13,18-19,27H,2-3,5,7,11-12,14,26H2,1H3/t18-/m1/s1. The van der Waals surface area contributed by atoms with Crippen molar-refractivity contribution in [1.29, 1.82) is 0 Å². The van der Waals surface area contributed by atoms with Gasteiger partial charge in [0.1, 0.15) is 5.82 Å². The Morgan fingerprint density at radius 3 is 2.77 bits per heavy atom. The largest absolute Gasteiger partial charge is 0.367 e. The maximum Gasteiger partial charge on any atom is 0.193 e. The molecule has 0 bridgehead atoms.